The van der Waals surface area contributed by atoms with Crippen LogP contribution in [0, 0.1) is 17.0 Å². The number of hydrogen-bond donors (Lipinski definition) is 2. The van der Waals surface area contributed by atoms with Gasteiger partial charge in [-0.15, -0.1) is 0 Å². The second-order valence-electron chi connectivity index (χ2n) is 8.92. The van der Waals surface area contributed by atoms with E-state index in [1.807, 2.05) is 36.4 Å². The molecule has 0 aliphatic rings. The zero-order valence-electron chi connectivity index (χ0n) is 21.0. The van der Waals surface area contributed by atoms with Crippen molar-refractivity contribution in [3.63, 3.8) is 0 Å². The second kappa shape index (κ2) is 10.8. The monoisotopic (exact) mass is 572 g/mol. The van der Waals surface area contributed by atoms with Crippen LogP contribution in [0.2, 0.25) is 5.02 Å². The smallest absolute Gasteiger partial charge is 0.273 e. The highest BCUT2D eigenvalue weighted by atomic mass is 35.5. The lowest BCUT2D eigenvalue weighted by atomic mass is 10.0. The number of pyridine rings is 1. The van der Waals surface area contributed by atoms with Crippen LogP contribution in [-0.2, 0) is 10.0 Å². The van der Waals surface area contributed by atoms with Crippen molar-refractivity contribution in [2.45, 2.75) is 11.8 Å². The molecule has 1 amide bonds. The lowest BCUT2D eigenvalue weighted by Crippen LogP contribution is -2.14. The van der Waals surface area contributed by atoms with Crippen molar-refractivity contribution in [2.24, 2.45) is 0 Å². The quantitative estimate of drug-likeness (QED) is 0.162. The lowest BCUT2D eigenvalue weighted by Gasteiger charge is -2.12. The van der Waals surface area contributed by atoms with E-state index in [1.165, 1.54) is 31.2 Å². The number of nitro benzene ring substituents is 1. The number of nitrogens with zero attached hydrogens (tertiary/aromatic N) is 2. The van der Waals surface area contributed by atoms with E-state index < -0.39 is 14.9 Å². The molecule has 40 heavy (non-hydrogen) atoms. The van der Waals surface area contributed by atoms with Crippen LogP contribution in [0.4, 0.5) is 17.1 Å². The van der Waals surface area contributed by atoms with E-state index >= 15 is 0 Å². The molecule has 1 heterocycles. The molecule has 4 aromatic carbocycles. The molecule has 1 aromatic heterocycles. The summed E-state index contributed by atoms with van der Waals surface area (Å²) in [4.78, 5) is 28.4. The first-order valence-electron chi connectivity index (χ1n) is 12.0. The summed E-state index contributed by atoms with van der Waals surface area (Å²) in [5.41, 5.74) is 3.22. The number of aromatic nitrogens is 1. The first-order valence-corrected chi connectivity index (χ1v) is 13.8. The molecule has 0 unspecified atom stereocenters. The highest BCUT2D eigenvalue weighted by Crippen LogP contribution is 2.28. The van der Waals surface area contributed by atoms with Gasteiger partial charge in [0.05, 0.1) is 26.6 Å². The average Bonchev–Trinajstić information content (AvgIpc) is 2.93. The normalized spacial score (nSPS) is 11.2. The molecular weight excluding hydrogens is 552 g/mol. The number of carbonyl (C=O) groups excluding carboxylic acids is 1. The highest BCUT2D eigenvalue weighted by molar-refractivity contribution is 7.92. The van der Waals surface area contributed by atoms with Gasteiger partial charge in [0.2, 0.25) is 0 Å². The van der Waals surface area contributed by atoms with Gasteiger partial charge in [0.15, 0.2) is 0 Å². The van der Waals surface area contributed by atoms with Gasteiger partial charge >= 0.3 is 0 Å². The number of hydrogen-bond acceptors (Lipinski definition) is 6. The zero-order valence-corrected chi connectivity index (χ0v) is 22.5. The first kappa shape index (κ1) is 26.8. The fourth-order valence-corrected chi connectivity index (χ4v) is 5.32. The Morgan fingerprint density at radius 2 is 1.57 bits per heavy atom. The molecular formula is C29H21ClN4O5S. The molecule has 0 aliphatic heterocycles. The Labute approximate surface area is 234 Å². The molecule has 11 heteroatoms. The van der Waals surface area contributed by atoms with E-state index in [-0.39, 0.29) is 22.2 Å². The second-order valence-corrected chi connectivity index (χ2v) is 11.0. The van der Waals surface area contributed by atoms with Crippen LogP contribution >= 0.6 is 11.6 Å². The molecule has 0 radical (unpaired) electrons. The molecule has 5 aromatic rings. The maximum Gasteiger partial charge on any atom is 0.273 e. The maximum absolute atomic E-state index is 13.4. The average molecular weight is 573 g/mol. The Morgan fingerprint density at radius 1 is 0.900 bits per heavy atom. The van der Waals surface area contributed by atoms with Gasteiger partial charge in [-0.3, -0.25) is 19.6 Å². The molecule has 0 aliphatic carbocycles. The zero-order chi connectivity index (χ0) is 28.4. The summed E-state index contributed by atoms with van der Waals surface area (Å²) in [5.74, 6) is -0.367. The standard InChI is InChI=1S/C29H21ClN4O5S/c1-18-6-15-23(16-28(18)34(36)37)40(38,39)33-22-13-11-21(12-14-22)31-29(35)25-17-27(19-7-9-20(30)10-8-19)32-26-5-3-2-4-24(25)26/h2-17,33H,1H3,(H,31,35). The van der Waals surface area contributed by atoms with Crippen molar-refractivity contribution in [3.05, 3.63) is 123 Å². The van der Waals surface area contributed by atoms with Crippen molar-refractivity contribution >= 4 is 55.5 Å². The summed E-state index contributed by atoms with van der Waals surface area (Å²) in [5, 5.41) is 15.3. The molecule has 200 valence electrons. The SMILES string of the molecule is Cc1ccc(S(=O)(=O)Nc2ccc(NC(=O)c3cc(-c4ccc(Cl)cc4)nc4ccccc34)cc2)cc1[N+](=O)[O-]. The van der Waals surface area contributed by atoms with Crippen molar-refractivity contribution in [1.29, 1.82) is 0 Å². The molecule has 9 nitrogen and oxygen atoms in total. The number of para-hydroxylation sites is 1. The van der Waals surface area contributed by atoms with E-state index in [0.717, 1.165) is 11.6 Å². The maximum atomic E-state index is 13.4. The van der Waals surface area contributed by atoms with Crippen LogP contribution in [0.1, 0.15) is 15.9 Å². The van der Waals surface area contributed by atoms with E-state index in [4.69, 9.17) is 16.6 Å². The summed E-state index contributed by atoms with van der Waals surface area (Å²) in [6.07, 6.45) is 0. The third-order valence-electron chi connectivity index (χ3n) is 6.18. The minimum atomic E-state index is -4.08. The molecule has 0 atom stereocenters. The predicted octanol–water partition coefficient (Wildman–Crippen LogP) is 6.82. The number of carbonyl (C=O) groups is 1. The van der Waals surface area contributed by atoms with Crippen molar-refractivity contribution in [1.82, 2.24) is 4.98 Å². The van der Waals surface area contributed by atoms with E-state index in [0.29, 0.717) is 38.4 Å². The summed E-state index contributed by atoms with van der Waals surface area (Å²) in [6.45, 7) is 1.53. The van der Waals surface area contributed by atoms with E-state index in [9.17, 15) is 23.3 Å². The van der Waals surface area contributed by atoms with Gasteiger partial charge in [-0.2, -0.15) is 0 Å². The number of aryl methyl sites for hydroxylation is 1. The molecule has 0 fully saturated rings. The van der Waals surface area contributed by atoms with Crippen molar-refractivity contribution in [2.75, 3.05) is 10.0 Å². The minimum absolute atomic E-state index is 0.223. The molecule has 0 saturated carbocycles. The summed E-state index contributed by atoms with van der Waals surface area (Å²) < 4.78 is 28.0. The van der Waals surface area contributed by atoms with Crippen LogP contribution < -0.4 is 10.0 Å². The number of amides is 1. The van der Waals surface area contributed by atoms with Crippen LogP contribution in [-0.4, -0.2) is 24.2 Å². The Morgan fingerprint density at radius 3 is 2.27 bits per heavy atom. The predicted molar refractivity (Wildman–Crippen MR) is 155 cm³/mol. The Hall–Kier alpha value is -4.80. The highest BCUT2D eigenvalue weighted by Gasteiger charge is 2.20. The Kier molecular flexibility index (Phi) is 7.20. The molecule has 0 bridgehead atoms. The topological polar surface area (TPSA) is 131 Å². The molecule has 2 N–H and O–H groups in total. The fourth-order valence-electron chi connectivity index (χ4n) is 4.12. The van der Waals surface area contributed by atoms with Gasteiger partial charge < -0.3 is 5.32 Å². The van der Waals surface area contributed by atoms with Crippen LogP contribution in [0.15, 0.2) is 102 Å². The van der Waals surface area contributed by atoms with Crippen LogP contribution in [0.5, 0.6) is 0 Å². The largest absolute Gasteiger partial charge is 0.322 e. The number of benzene rings is 4. The van der Waals surface area contributed by atoms with Gasteiger partial charge in [0, 0.05) is 39.0 Å². The number of nitro groups is 1. The summed E-state index contributed by atoms with van der Waals surface area (Å²) in [7, 11) is -4.08. The third kappa shape index (κ3) is 5.63. The van der Waals surface area contributed by atoms with Gasteiger partial charge in [-0.05, 0) is 61.5 Å². The third-order valence-corrected chi connectivity index (χ3v) is 7.81. The van der Waals surface area contributed by atoms with Crippen LogP contribution in [0.3, 0.4) is 0 Å². The summed E-state index contributed by atoms with van der Waals surface area (Å²) >= 11 is 6.02. The number of nitrogens with one attached hydrogen (secondary N) is 2. The van der Waals surface area contributed by atoms with Gasteiger partial charge in [0.1, 0.15) is 0 Å². The number of fused-ring (bicyclic) bond motifs is 1. The summed E-state index contributed by atoms with van der Waals surface area (Å²) in [6, 6.07) is 26.0. The van der Waals surface area contributed by atoms with Crippen molar-refractivity contribution in [3.8, 4) is 11.3 Å². The van der Waals surface area contributed by atoms with Gasteiger partial charge in [-0.1, -0.05) is 48.0 Å². The van der Waals surface area contributed by atoms with E-state index in [1.54, 1.807) is 30.3 Å². The van der Waals surface area contributed by atoms with Crippen molar-refractivity contribution < 1.29 is 18.1 Å². The van der Waals surface area contributed by atoms with Gasteiger partial charge in [-0.25, -0.2) is 13.4 Å². The van der Waals surface area contributed by atoms with Crippen LogP contribution in [0.25, 0.3) is 22.2 Å². The molecule has 0 saturated heterocycles. The Bertz CT molecular complexity index is 1880. The van der Waals surface area contributed by atoms with E-state index in [2.05, 4.69) is 10.0 Å². The van der Waals surface area contributed by atoms with Gasteiger partial charge in [0.25, 0.3) is 21.6 Å². The number of rotatable bonds is 7. The Balaban J connectivity index is 1.38. The lowest BCUT2D eigenvalue weighted by molar-refractivity contribution is -0.385. The fraction of sp³-hybridized carbons (Fsp3) is 0.0345. The number of anilines is 2. The minimum Gasteiger partial charge on any atom is -0.322 e. The molecule has 0 spiro atoms. The molecule has 5 rings (SSSR count). The number of halogens is 1. The number of sulfonamides is 1. The first-order chi connectivity index (χ1) is 19.1.